The average molecular weight is 384 g/mol. The number of carbonyl (C=O) groups excluding carboxylic acids is 1. The number of methoxy groups -OCH3 is 1. The van der Waals surface area contributed by atoms with E-state index in [1.165, 1.54) is 11.8 Å². The minimum atomic E-state index is -0.0103. The fraction of sp³-hybridized carbons (Fsp3) is 0.529. The molecule has 0 saturated carbocycles. The van der Waals surface area contributed by atoms with Crippen molar-refractivity contribution >= 4 is 40.3 Å². The molecule has 1 aromatic heterocycles. The third-order valence-electron chi connectivity index (χ3n) is 4.08. The number of hydrogen-bond donors (Lipinski definition) is 1. The van der Waals surface area contributed by atoms with E-state index in [9.17, 15) is 4.79 Å². The average Bonchev–Trinajstić information content (AvgIpc) is 3.23. The summed E-state index contributed by atoms with van der Waals surface area (Å²) in [5.74, 6) is 0.306. The number of hydrogen-bond acceptors (Lipinski definition) is 5. The highest BCUT2D eigenvalue weighted by Gasteiger charge is 2.17. The maximum absolute atomic E-state index is 12.1. The Morgan fingerprint density at radius 1 is 1.56 bits per heavy atom. The minimum Gasteiger partial charge on any atom is -0.383 e. The van der Waals surface area contributed by atoms with E-state index in [-0.39, 0.29) is 12.0 Å². The van der Waals surface area contributed by atoms with Crippen LogP contribution in [0.25, 0.3) is 11.0 Å². The van der Waals surface area contributed by atoms with Crippen LogP contribution in [0.3, 0.4) is 0 Å². The molecular formula is C17H22ClN3O3S. The van der Waals surface area contributed by atoms with Crippen molar-refractivity contribution in [2.75, 3.05) is 32.6 Å². The van der Waals surface area contributed by atoms with E-state index < -0.39 is 0 Å². The summed E-state index contributed by atoms with van der Waals surface area (Å²) in [4.78, 5) is 16.7. The third kappa shape index (κ3) is 4.88. The Morgan fingerprint density at radius 3 is 3.20 bits per heavy atom. The lowest BCUT2D eigenvalue weighted by Crippen LogP contribution is -2.32. The third-order valence-corrected chi connectivity index (χ3v) is 5.29. The zero-order valence-corrected chi connectivity index (χ0v) is 15.7. The molecule has 1 amide bonds. The number of ether oxygens (including phenoxy) is 2. The second kappa shape index (κ2) is 8.89. The number of carbonyl (C=O) groups is 1. The van der Waals surface area contributed by atoms with E-state index in [0.717, 1.165) is 35.6 Å². The van der Waals surface area contributed by atoms with Gasteiger partial charge in [-0.3, -0.25) is 4.79 Å². The van der Waals surface area contributed by atoms with Gasteiger partial charge in [-0.15, -0.1) is 0 Å². The van der Waals surface area contributed by atoms with Gasteiger partial charge in [0, 0.05) is 31.8 Å². The number of nitrogens with zero attached hydrogens (tertiary/aromatic N) is 2. The summed E-state index contributed by atoms with van der Waals surface area (Å²) in [5, 5.41) is 4.37. The van der Waals surface area contributed by atoms with E-state index >= 15 is 0 Å². The number of aromatic nitrogens is 2. The fourth-order valence-electron chi connectivity index (χ4n) is 2.80. The lowest BCUT2D eigenvalue weighted by Gasteiger charge is -2.11. The maximum Gasteiger partial charge on any atom is 0.230 e. The van der Waals surface area contributed by atoms with Crippen molar-refractivity contribution in [1.29, 1.82) is 0 Å². The summed E-state index contributed by atoms with van der Waals surface area (Å²) in [7, 11) is 1.67. The first-order valence-corrected chi connectivity index (χ1v) is 9.69. The van der Waals surface area contributed by atoms with Crippen molar-refractivity contribution in [1.82, 2.24) is 14.9 Å². The molecule has 136 valence electrons. The van der Waals surface area contributed by atoms with Gasteiger partial charge in [0.15, 0.2) is 5.16 Å². The Morgan fingerprint density at radius 2 is 2.44 bits per heavy atom. The first-order chi connectivity index (χ1) is 12.2. The van der Waals surface area contributed by atoms with Crippen molar-refractivity contribution < 1.29 is 14.3 Å². The topological polar surface area (TPSA) is 65.4 Å². The second-order valence-electron chi connectivity index (χ2n) is 5.90. The highest BCUT2D eigenvalue weighted by Crippen LogP contribution is 2.26. The van der Waals surface area contributed by atoms with Gasteiger partial charge in [-0.25, -0.2) is 4.98 Å². The number of rotatable bonds is 8. The van der Waals surface area contributed by atoms with Gasteiger partial charge in [-0.05, 0) is 31.0 Å². The standard InChI is InChI=1S/C17H22ClN3O3S/c1-23-8-6-21-15-5-4-12(18)9-14(15)20-17(21)25-11-16(22)19-10-13-3-2-7-24-13/h4-5,9,13H,2-3,6-8,10-11H2,1H3,(H,19,22). The van der Waals surface area contributed by atoms with E-state index in [2.05, 4.69) is 14.9 Å². The number of benzene rings is 1. The normalized spacial score (nSPS) is 17.3. The molecule has 1 atom stereocenters. The molecule has 0 aliphatic carbocycles. The molecule has 0 bridgehead atoms. The van der Waals surface area contributed by atoms with Gasteiger partial charge in [0.25, 0.3) is 0 Å². The summed E-state index contributed by atoms with van der Waals surface area (Å²) < 4.78 is 12.8. The molecule has 8 heteroatoms. The summed E-state index contributed by atoms with van der Waals surface area (Å²) in [6, 6.07) is 5.63. The largest absolute Gasteiger partial charge is 0.383 e. The summed E-state index contributed by atoms with van der Waals surface area (Å²) >= 11 is 7.48. The van der Waals surface area contributed by atoms with Crippen molar-refractivity contribution in [3.8, 4) is 0 Å². The van der Waals surface area contributed by atoms with E-state index in [0.29, 0.717) is 30.5 Å². The first kappa shape index (κ1) is 18.5. The lowest BCUT2D eigenvalue weighted by atomic mass is 10.2. The second-order valence-corrected chi connectivity index (χ2v) is 7.28. The lowest BCUT2D eigenvalue weighted by molar-refractivity contribution is -0.119. The van der Waals surface area contributed by atoms with Gasteiger partial charge >= 0.3 is 0 Å². The van der Waals surface area contributed by atoms with Crippen LogP contribution in [0.15, 0.2) is 23.4 Å². The fourth-order valence-corrected chi connectivity index (χ4v) is 3.84. The molecule has 25 heavy (non-hydrogen) atoms. The monoisotopic (exact) mass is 383 g/mol. The molecule has 6 nitrogen and oxygen atoms in total. The summed E-state index contributed by atoms with van der Waals surface area (Å²) in [6.07, 6.45) is 2.24. The molecular weight excluding hydrogens is 362 g/mol. The Balaban J connectivity index is 1.63. The smallest absolute Gasteiger partial charge is 0.230 e. The molecule has 0 radical (unpaired) electrons. The summed E-state index contributed by atoms with van der Waals surface area (Å²) in [6.45, 7) is 2.62. The van der Waals surface area contributed by atoms with Gasteiger partial charge in [-0.1, -0.05) is 23.4 Å². The number of fused-ring (bicyclic) bond motifs is 1. The van der Waals surface area contributed by atoms with Gasteiger partial charge in [0.2, 0.25) is 5.91 Å². The zero-order valence-electron chi connectivity index (χ0n) is 14.2. The number of halogens is 1. The first-order valence-electron chi connectivity index (χ1n) is 8.33. The van der Waals surface area contributed by atoms with Crippen LogP contribution in [0, 0.1) is 0 Å². The van der Waals surface area contributed by atoms with Crippen LogP contribution in [0.2, 0.25) is 5.02 Å². The highest BCUT2D eigenvalue weighted by atomic mass is 35.5. The van der Waals surface area contributed by atoms with Crippen molar-refractivity contribution in [3.63, 3.8) is 0 Å². The van der Waals surface area contributed by atoms with Crippen LogP contribution in [0.5, 0.6) is 0 Å². The highest BCUT2D eigenvalue weighted by molar-refractivity contribution is 7.99. The molecule has 0 spiro atoms. The number of nitrogens with one attached hydrogen (secondary N) is 1. The molecule has 1 N–H and O–H groups in total. The zero-order chi connectivity index (χ0) is 17.6. The van der Waals surface area contributed by atoms with Crippen molar-refractivity contribution in [2.45, 2.75) is 30.6 Å². The van der Waals surface area contributed by atoms with Crippen LogP contribution in [0.4, 0.5) is 0 Å². The predicted octanol–water partition coefficient (Wildman–Crippen LogP) is 2.72. The van der Waals surface area contributed by atoms with Crippen LogP contribution < -0.4 is 5.32 Å². The van der Waals surface area contributed by atoms with E-state index in [4.69, 9.17) is 21.1 Å². The SMILES string of the molecule is COCCn1c(SCC(=O)NCC2CCCO2)nc2cc(Cl)ccc21. The Kier molecular flexibility index (Phi) is 6.58. The van der Waals surface area contributed by atoms with Crippen molar-refractivity contribution in [2.24, 2.45) is 0 Å². The van der Waals surface area contributed by atoms with Gasteiger partial charge in [0.05, 0.1) is 29.5 Å². The molecule has 1 aliphatic rings. The number of imidazole rings is 1. The number of amides is 1. The Bertz CT molecular complexity index is 731. The van der Waals surface area contributed by atoms with Crippen molar-refractivity contribution in [3.05, 3.63) is 23.2 Å². The van der Waals surface area contributed by atoms with Crippen LogP contribution in [0.1, 0.15) is 12.8 Å². The van der Waals surface area contributed by atoms with Crippen LogP contribution in [-0.4, -0.2) is 54.2 Å². The van der Waals surface area contributed by atoms with E-state index in [1.54, 1.807) is 7.11 Å². The van der Waals surface area contributed by atoms with Gasteiger partial charge < -0.3 is 19.4 Å². The molecule has 2 aromatic rings. The summed E-state index contributed by atoms with van der Waals surface area (Å²) in [5.41, 5.74) is 1.81. The minimum absolute atomic E-state index is 0.0103. The maximum atomic E-state index is 12.1. The molecule has 1 fully saturated rings. The molecule has 1 aromatic carbocycles. The van der Waals surface area contributed by atoms with Gasteiger partial charge in [0.1, 0.15) is 0 Å². The Labute approximate surface area is 156 Å². The molecule has 2 heterocycles. The van der Waals surface area contributed by atoms with Gasteiger partial charge in [-0.2, -0.15) is 0 Å². The molecule has 1 aliphatic heterocycles. The molecule has 1 unspecified atom stereocenters. The van der Waals surface area contributed by atoms with Crippen LogP contribution >= 0.6 is 23.4 Å². The number of thioether (sulfide) groups is 1. The Hall–Kier alpha value is -1.28. The predicted molar refractivity (Wildman–Crippen MR) is 99.3 cm³/mol. The molecule has 3 rings (SSSR count). The molecule has 1 saturated heterocycles. The van der Waals surface area contributed by atoms with Crippen LogP contribution in [-0.2, 0) is 20.8 Å². The quantitative estimate of drug-likeness (QED) is 0.710. The van der Waals surface area contributed by atoms with E-state index in [1.807, 2.05) is 18.2 Å².